The SMILES string of the molecule is CC(C)[C@H](NC(=O)[C@@H](N)CCC(=O)O)C(=O)NCP(=O)(O)CCC(N)=O. The van der Waals surface area contributed by atoms with Gasteiger partial charge in [0.2, 0.25) is 25.1 Å². The third-order valence-electron chi connectivity index (χ3n) is 3.46. The van der Waals surface area contributed by atoms with E-state index in [2.05, 4.69) is 10.6 Å². The molecule has 1 unspecified atom stereocenters. The second kappa shape index (κ2) is 10.9. The van der Waals surface area contributed by atoms with Crippen molar-refractivity contribution < 1.29 is 33.7 Å². The summed E-state index contributed by atoms with van der Waals surface area (Å²) >= 11 is 0. The number of nitrogens with two attached hydrogens (primary N) is 2. The molecule has 11 nitrogen and oxygen atoms in total. The number of carbonyl (C=O) groups excluding carboxylic acids is 3. The fourth-order valence-corrected chi connectivity index (χ4v) is 3.01. The Bertz CT molecular complexity index is 582. The Morgan fingerprint density at radius 3 is 2.15 bits per heavy atom. The molecule has 12 heteroatoms. The van der Waals surface area contributed by atoms with Crippen molar-refractivity contribution in [3.8, 4) is 0 Å². The van der Waals surface area contributed by atoms with E-state index in [1.807, 2.05) is 0 Å². The lowest BCUT2D eigenvalue weighted by Crippen LogP contribution is -2.54. The molecule has 0 bridgehead atoms. The number of primary amides is 1. The summed E-state index contributed by atoms with van der Waals surface area (Å²) in [5.41, 5.74) is 10.5. The summed E-state index contributed by atoms with van der Waals surface area (Å²) in [4.78, 5) is 55.1. The molecule has 0 saturated heterocycles. The van der Waals surface area contributed by atoms with E-state index in [1.54, 1.807) is 13.8 Å². The van der Waals surface area contributed by atoms with E-state index < -0.39 is 49.4 Å². The van der Waals surface area contributed by atoms with Gasteiger partial charge in [-0.2, -0.15) is 0 Å². The van der Waals surface area contributed by atoms with E-state index >= 15 is 0 Å². The number of nitrogens with one attached hydrogen (secondary N) is 2. The minimum absolute atomic E-state index is 0.0907. The van der Waals surface area contributed by atoms with Gasteiger partial charge in [-0.25, -0.2) is 0 Å². The minimum atomic E-state index is -3.78. The van der Waals surface area contributed by atoms with E-state index in [0.717, 1.165) is 0 Å². The lowest BCUT2D eigenvalue weighted by Gasteiger charge is -2.24. The predicted molar refractivity (Wildman–Crippen MR) is 93.1 cm³/mol. The van der Waals surface area contributed by atoms with E-state index in [1.165, 1.54) is 0 Å². The second-order valence-electron chi connectivity index (χ2n) is 6.25. The van der Waals surface area contributed by atoms with Crippen molar-refractivity contribution in [1.29, 1.82) is 0 Å². The van der Waals surface area contributed by atoms with Gasteiger partial charge in [-0.3, -0.25) is 23.7 Å². The quantitative estimate of drug-likeness (QED) is 0.215. The Kier molecular flexibility index (Phi) is 10.1. The number of carbonyl (C=O) groups is 4. The summed E-state index contributed by atoms with van der Waals surface area (Å²) in [7, 11) is -3.78. The zero-order chi connectivity index (χ0) is 20.5. The summed E-state index contributed by atoms with van der Waals surface area (Å²) in [5.74, 6) is -3.56. The Labute approximate surface area is 151 Å². The highest BCUT2D eigenvalue weighted by molar-refractivity contribution is 7.58. The van der Waals surface area contributed by atoms with Crippen LogP contribution in [0.1, 0.15) is 33.1 Å². The van der Waals surface area contributed by atoms with Crippen molar-refractivity contribution >= 4 is 31.1 Å². The Balaban J connectivity index is 4.71. The molecule has 0 aliphatic rings. The maximum atomic E-state index is 12.2. The maximum absolute atomic E-state index is 12.2. The van der Waals surface area contributed by atoms with Crippen molar-refractivity contribution in [1.82, 2.24) is 10.6 Å². The van der Waals surface area contributed by atoms with Gasteiger partial charge in [-0.1, -0.05) is 13.8 Å². The molecule has 0 aromatic rings. The van der Waals surface area contributed by atoms with Crippen LogP contribution in [0.4, 0.5) is 0 Å². The zero-order valence-corrected chi connectivity index (χ0v) is 15.7. The average Bonchev–Trinajstić information content (AvgIpc) is 2.53. The van der Waals surface area contributed by atoms with Crippen molar-refractivity contribution in [2.75, 3.05) is 12.4 Å². The molecule has 0 radical (unpaired) electrons. The van der Waals surface area contributed by atoms with Gasteiger partial charge in [0.15, 0.2) is 0 Å². The Morgan fingerprint density at radius 1 is 1.12 bits per heavy atom. The number of carboxylic acids is 1. The Hall–Kier alpha value is -1.97. The van der Waals surface area contributed by atoms with Gasteiger partial charge in [0.1, 0.15) is 6.04 Å². The maximum Gasteiger partial charge on any atom is 0.303 e. The predicted octanol–water partition coefficient (Wildman–Crippen LogP) is -1.46. The van der Waals surface area contributed by atoms with Crippen molar-refractivity contribution in [3.63, 3.8) is 0 Å². The first kappa shape index (κ1) is 24.0. The number of carboxylic acid groups (broad SMARTS) is 1. The first-order valence-electron chi connectivity index (χ1n) is 8.00. The van der Waals surface area contributed by atoms with Crippen LogP contribution in [0.5, 0.6) is 0 Å². The van der Waals surface area contributed by atoms with Crippen LogP contribution in [0.25, 0.3) is 0 Å². The number of amides is 3. The number of hydrogen-bond acceptors (Lipinski definition) is 6. The molecular formula is C14H27N4O7P. The monoisotopic (exact) mass is 394 g/mol. The molecule has 0 fully saturated rings. The first-order chi connectivity index (χ1) is 11.9. The zero-order valence-electron chi connectivity index (χ0n) is 14.8. The van der Waals surface area contributed by atoms with Gasteiger partial charge in [0, 0.05) is 19.0 Å². The molecule has 0 saturated carbocycles. The largest absolute Gasteiger partial charge is 0.481 e. The molecule has 3 amide bonds. The number of rotatable bonds is 12. The lowest BCUT2D eigenvalue weighted by molar-refractivity contribution is -0.137. The summed E-state index contributed by atoms with van der Waals surface area (Å²) < 4.78 is 11.9. The summed E-state index contributed by atoms with van der Waals surface area (Å²) in [6.45, 7) is 3.30. The topological polar surface area (TPSA) is 202 Å². The molecule has 8 N–H and O–H groups in total. The molecule has 0 rings (SSSR count). The molecule has 0 aliphatic carbocycles. The molecule has 0 heterocycles. The lowest BCUT2D eigenvalue weighted by atomic mass is 10.0. The van der Waals surface area contributed by atoms with Crippen LogP contribution >= 0.6 is 7.37 Å². The van der Waals surface area contributed by atoms with Crippen LogP contribution < -0.4 is 22.1 Å². The molecule has 26 heavy (non-hydrogen) atoms. The molecule has 0 aromatic heterocycles. The fraction of sp³-hybridized carbons (Fsp3) is 0.714. The summed E-state index contributed by atoms with van der Waals surface area (Å²) in [5, 5.41) is 13.3. The molecule has 0 spiro atoms. The van der Waals surface area contributed by atoms with Crippen molar-refractivity contribution in [2.45, 2.75) is 45.2 Å². The van der Waals surface area contributed by atoms with Gasteiger partial charge in [-0.05, 0) is 12.3 Å². The number of hydrogen-bond donors (Lipinski definition) is 6. The van der Waals surface area contributed by atoms with Crippen LogP contribution in [-0.2, 0) is 23.7 Å². The van der Waals surface area contributed by atoms with Gasteiger partial charge < -0.3 is 32.1 Å². The first-order valence-corrected chi connectivity index (χ1v) is 10.0. The van der Waals surface area contributed by atoms with Crippen molar-refractivity contribution in [2.24, 2.45) is 17.4 Å². The fourth-order valence-electron chi connectivity index (χ4n) is 1.88. The van der Waals surface area contributed by atoms with Gasteiger partial charge in [0.05, 0.1) is 12.3 Å². The average molecular weight is 394 g/mol. The third kappa shape index (κ3) is 10.1. The van der Waals surface area contributed by atoms with E-state index in [-0.39, 0.29) is 31.3 Å². The van der Waals surface area contributed by atoms with Gasteiger partial charge in [0.25, 0.3) is 0 Å². The Morgan fingerprint density at radius 2 is 1.69 bits per heavy atom. The smallest absolute Gasteiger partial charge is 0.303 e. The molecule has 150 valence electrons. The second-order valence-corrected chi connectivity index (χ2v) is 8.71. The van der Waals surface area contributed by atoms with E-state index in [0.29, 0.717) is 0 Å². The van der Waals surface area contributed by atoms with Crippen LogP contribution in [0.15, 0.2) is 0 Å². The van der Waals surface area contributed by atoms with Crippen molar-refractivity contribution in [3.05, 3.63) is 0 Å². The molecular weight excluding hydrogens is 367 g/mol. The van der Waals surface area contributed by atoms with E-state index in [4.69, 9.17) is 16.6 Å². The molecule has 3 atom stereocenters. The highest BCUT2D eigenvalue weighted by atomic mass is 31.2. The van der Waals surface area contributed by atoms with Crippen LogP contribution in [0.2, 0.25) is 0 Å². The minimum Gasteiger partial charge on any atom is -0.481 e. The normalized spacial score (nSPS) is 15.6. The van der Waals surface area contributed by atoms with E-state index in [9.17, 15) is 28.6 Å². The molecule has 0 aliphatic heterocycles. The van der Waals surface area contributed by atoms with Crippen LogP contribution in [0, 0.1) is 5.92 Å². The summed E-state index contributed by atoms with van der Waals surface area (Å²) in [6, 6.07) is -2.12. The van der Waals surface area contributed by atoms with Crippen LogP contribution in [0.3, 0.4) is 0 Å². The standard InChI is InChI=1S/C14H27N4O7P/c1-8(2)12(18-13(22)9(15)3-4-11(20)21)14(23)17-7-26(24,25)6-5-10(16)19/h8-9,12H,3-7,15H2,1-2H3,(H2,16,19)(H,17,23)(H,18,22)(H,20,21)(H,24,25)/t9-,12-/m0/s1. The highest BCUT2D eigenvalue weighted by Crippen LogP contribution is 2.39. The van der Waals surface area contributed by atoms with Gasteiger partial charge in [-0.15, -0.1) is 0 Å². The number of aliphatic carboxylic acids is 1. The third-order valence-corrected chi connectivity index (χ3v) is 5.04. The highest BCUT2D eigenvalue weighted by Gasteiger charge is 2.28. The molecule has 0 aromatic carbocycles. The summed E-state index contributed by atoms with van der Waals surface area (Å²) in [6.07, 6.45) is -1.59. The van der Waals surface area contributed by atoms with Gasteiger partial charge >= 0.3 is 5.97 Å². The van der Waals surface area contributed by atoms with Crippen LogP contribution in [-0.4, -0.2) is 58.2 Å².